The molecule has 0 bridgehead atoms. The van der Waals surface area contributed by atoms with Crippen LogP contribution in [0.2, 0.25) is 0 Å². The molecule has 1 rings (SSSR count). The van der Waals surface area contributed by atoms with Crippen molar-refractivity contribution < 1.29 is 9.53 Å². The zero-order valence-electron chi connectivity index (χ0n) is 11.0. The Hall–Kier alpha value is -1.31. The Morgan fingerprint density at radius 2 is 1.88 bits per heavy atom. The predicted molar refractivity (Wildman–Crippen MR) is 69.8 cm³/mol. The molecule has 0 fully saturated rings. The van der Waals surface area contributed by atoms with Gasteiger partial charge in [-0.25, -0.2) is 0 Å². The summed E-state index contributed by atoms with van der Waals surface area (Å²) in [6.07, 6.45) is 2.66. The van der Waals surface area contributed by atoms with Crippen LogP contribution in [0.15, 0.2) is 30.3 Å². The minimum atomic E-state index is -0.356. The minimum absolute atomic E-state index is 0.0877. The van der Waals surface area contributed by atoms with Crippen LogP contribution < -0.4 is 0 Å². The number of carbonyl (C=O) groups excluding carboxylic acids is 1. The van der Waals surface area contributed by atoms with Gasteiger partial charge in [-0.3, -0.25) is 4.79 Å². The van der Waals surface area contributed by atoms with E-state index in [0.29, 0.717) is 6.61 Å². The molecule has 0 heterocycles. The van der Waals surface area contributed by atoms with Crippen molar-refractivity contribution in [3.05, 3.63) is 35.9 Å². The molecule has 1 aromatic rings. The summed E-state index contributed by atoms with van der Waals surface area (Å²) in [6.45, 7) is 6.44. The Kier molecular flexibility index (Phi) is 5.20. The van der Waals surface area contributed by atoms with Crippen molar-refractivity contribution in [1.29, 1.82) is 0 Å². The molecular weight excluding hydrogens is 212 g/mol. The van der Waals surface area contributed by atoms with Crippen molar-refractivity contribution in [2.24, 2.45) is 5.41 Å². The molecular formula is C15H22O2. The number of rotatable bonds is 6. The number of esters is 1. The molecule has 0 aliphatic heterocycles. The van der Waals surface area contributed by atoms with Crippen LogP contribution in [0.5, 0.6) is 0 Å². The predicted octanol–water partition coefficient (Wildman–Crippen LogP) is 3.60. The summed E-state index contributed by atoms with van der Waals surface area (Å²) >= 11 is 0. The summed E-state index contributed by atoms with van der Waals surface area (Å²) < 4.78 is 5.32. The van der Waals surface area contributed by atoms with Gasteiger partial charge in [0.2, 0.25) is 0 Å². The lowest BCUT2D eigenvalue weighted by Crippen LogP contribution is -2.27. The highest BCUT2D eigenvalue weighted by Gasteiger charge is 2.27. The maximum Gasteiger partial charge on any atom is 0.311 e. The van der Waals surface area contributed by atoms with Gasteiger partial charge in [0.1, 0.15) is 0 Å². The highest BCUT2D eigenvalue weighted by molar-refractivity contribution is 5.75. The van der Waals surface area contributed by atoms with E-state index in [2.05, 4.69) is 6.92 Å². The Labute approximate surface area is 104 Å². The summed E-state index contributed by atoms with van der Waals surface area (Å²) in [5.74, 6) is -0.0877. The fraction of sp³-hybridized carbons (Fsp3) is 0.533. The van der Waals surface area contributed by atoms with Crippen molar-refractivity contribution >= 4 is 5.97 Å². The first-order valence-corrected chi connectivity index (χ1v) is 6.27. The van der Waals surface area contributed by atoms with Gasteiger partial charge >= 0.3 is 5.97 Å². The zero-order valence-corrected chi connectivity index (χ0v) is 11.0. The molecule has 0 saturated carbocycles. The molecule has 1 aromatic carbocycles. The Morgan fingerprint density at radius 1 is 1.24 bits per heavy atom. The summed E-state index contributed by atoms with van der Waals surface area (Å²) in [4.78, 5) is 11.8. The van der Waals surface area contributed by atoms with E-state index in [1.807, 2.05) is 44.2 Å². The van der Waals surface area contributed by atoms with E-state index in [1.54, 1.807) is 0 Å². The molecule has 0 atom stereocenters. The standard InChI is InChI=1S/C15H22O2/c1-4-11-15(2,3)14(16)17-12-10-13-8-6-5-7-9-13/h5-9H,4,10-12H2,1-3H3. The third kappa shape index (κ3) is 4.59. The molecule has 0 radical (unpaired) electrons. The molecule has 0 amide bonds. The van der Waals surface area contributed by atoms with Crippen molar-refractivity contribution in [3.63, 3.8) is 0 Å². The second-order valence-electron chi connectivity index (χ2n) is 5.01. The fourth-order valence-electron chi connectivity index (χ4n) is 1.83. The second-order valence-corrected chi connectivity index (χ2v) is 5.01. The van der Waals surface area contributed by atoms with Gasteiger partial charge < -0.3 is 4.74 Å². The molecule has 17 heavy (non-hydrogen) atoms. The normalized spacial score (nSPS) is 11.2. The SMILES string of the molecule is CCCC(C)(C)C(=O)OCCc1ccccc1. The summed E-state index contributed by atoms with van der Waals surface area (Å²) in [5, 5.41) is 0. The summed E-state index contributed by atoms with van der Waals surface area (Å²) in [6, 6.07) is 10.1. The van der Waals surface area contributed by atoms with E-state index in [1.165, 1.54) is 5.56 Å². The van der Waals surface area contributed by atoms with Crippen molar-refractivity contribution in [1.82, 2.24) is 0 Å². The molecule has 94 valence electrons. The van der Waals surface area contributed by atoms with Crippen LogP contribution in [0.4, 0.5) is 0 Å². The average Bonchev–Trinajstić information content (AvgIpc) is 2.30. The molecule has 0 aromatic heterocycles. The quantitative estimate of drug-likeness (QED) is 0.703. The lowest BCUT2D eigenvalue weighted by Gasteiger charge is -2.21. The molecule has 0 saturated heterocycles. The van der Waals surface area contributed by atoms with Gasteiger partial charge in [-0.05, 0) is 25.8 Å². The van der Waals surface area contributed by atoms with Gasteiger partial charge in [-0.1, -0.05) is 43.7 Å². The van der Waals surface area contributed by atoms with Crippen LogP contribution >= 0.6 is 0 Å². The third-order valence-corrected chi connectivity index (χ3v) is 2.89. The topological polar surface area (TPSA) is 26.3 Å². The Morgan fingerprint density at radius 3 is 2.47 bits per heavy atom. The first kappa shape index (κ1) is 13.8. The summed E-state index contributed by atoms with van der Waals surface area (Å²) in [7, 11) is 0. The highest BCUT2D eigenvalue weighted by atomic mass is 16.5. The first-order chi connectivity index (χ1) is 8.06. The lowest BCUT2D eigenvalue weighted by molar-refractivity contribution is -0.154. The first-order valence-electron chi connectivity index (χ1n) is 6.27. The molecule has 0 unspecified atom stereocenters. The Bertz CT molecular complexity index is 341. The van der Waals surface area contributed by atoms with Gasteiger partial charge in [0, 0.05) is 6.42 Å². The smallest absolute Gasteiger partial charge is 0.311 e. The molecule has 0 aliphatic carbocycles. The van der Waals surface area contributed by atoms with Crippen LogP contribution in [0.25, 0.3) is 0 Å². The van der Waals surface area contributed by atoms with Crippen molar-refractivity contribution in [2.75, 3.05) is 6.61 Å². The monoisotopic (exact) mass is 234 g/mol. The van der Waals surface area contributed by atoms with Crippen molar-refractivity contribution in [3.8, 4) is 0 Å². The summed E-state index contributed by atoms with van der Waals surface area (Å²) in [5.41, 5.74) is 0.847. The van der Waals surface area contributed by atoms with Crippen LogP contribution in [-0.4, -0.2) is 12.6 Å². The van der Waals surface area contributed by atoms with Crippen LogP contribution in [-0.2, 0) is 16.0 Å². The van der Waals surface area contributed by atoms with Crippen molar-refractivity contribution in [2.45, 2.75) is 40.0 Å². The van der Waals surface area contributed by atoms with Crippen LogP contribution in [0.3, 0.4) is 0 Å². The van der Waals surface area contributed by atoms with Gasteiger partial charge in [0.05, 0.1) is 12.0 Å². The van der Waals surface area contributed by atoms with E-state index in [-0.39, 0.29) is 11.4 Å². The largest absolute Gasteiger partial charge is 0.465 e. The minimum Gasteiger partial charge on any atom is -0.465 e. The second kappa shape index (κ2) is 6.43. The van der Waals surface area contributed by atoms with E-state index in [4.69, 9.17) is 4.74 Å². The van der Waals surface area contributed by atoms with Gasteiger partial charge in [-0.2, -0.15) is 0 Å². The number of carbonyl (C=O) groups is 1. The maximum absolute atomic E-state index is 11.8. The number of benzene rings is 1. The van der Waals surface area contributed by atoms with Gasteiger partial charge in [-0.15, -0.1) is 0 Å². The van der Waals surface area contributed by atoms with E-state index in [0.717, 1.165) is 19.3 Å². The molecule has 2 heteroatoms. The lowest BCUT2D eigenvalue weighted by atomic mass is 9.88. The average molecular weight is 234 g/mol. The molecule has 2 nitrogen and oxygen atoms in total. The van der Waals surface area contributed by atoms with Gasteiger partial charge in [0.25, 0.3) is 0 Å². The Balaban J connectivity index is 2.34. The third-order valence-electron chi connectivity index (χ3n) is 2.89. The number of hydrogen-bond acceptors (Lipinski definition) is 2. The molecule has 0 spiro atoms. The number of hydrogen-bond donors (Lipinski definition) is 0. The zero-order chi connectivity index (χ0) is 12.7. The molecule has 0 aliphatic rings. The van der Waals surface area contributed by atoms with E-state index >= 15 is 0 Å². The highest BCUT2D eigenvalue weighted by Crippen LogP contribution is 2.23. The van der Waals surface area contributed by atoms with E-state index < -0.39 is 0 Å². The molecule has 0 N–H and O–H groups in total. The van der Waals surface area contributed by atoms with E-state index in [9.17, 15) is 4.79 Å². The maximum atomic E-state index is 11.8. The van der Waals surface area contributed by atoms with Gasteiger partial charge in [0.15, 0.2) is 0 Å². The van der Waals surface area contributed by atoms with Crippen LogP contribution in [0, 0.1) is 5.41 Å². The number of ether oxygens (including phenoxy) is 1. The van der Waals surface area contributed by atoms with Crippen LogP contribution in [0.1, 0.15) is 39.2 Å². The fourth-order valence-corrected chi connectivity index (χ4v) is 1.83.